The number of piperidine rings is 2. The van der Waals surface area contributed by atoms with Gasteiger partial charge in [-0.25, -0.2) is 38.8 Å². The SMILES string of the molecule is COc1ccc(CN(C(=O)OC(C)(C)C)c2cc(C[C@H]3C(=O)N(C(=O)N4CCCC(c5ccc(OC(F)(F)F)cc5)C4)[C@@H]3C(=O)O)ccn2)cc1.Cc1cc(C[C@H]2C(=O)N(C(=O)N3CCCC(c4ccc(OC(F)(F)F)cc4)C3)[C@@H]2C(=O)O)ccn1. The third kappa shape index (κ3) is 15.7. The topological polar surface area (TPSA) is 239 Å². The second-order valence-corrected chi connectivity index (χ2v) is 22.2. The van der Waals surface area contributed by atoms with E-state index in [1.54, 1.807) is 89.5 Å². The number of benzene rings is 3. The fourth-order valence-corrected chi connectivity index (χ4v) is 11.0. The number of ether oxygens (including phenoxy) is 4. The lowest BCUT2D eigenvalue weighted by molar-refractivity contribution is -0.275. The molecule has 2 aromatic heterocycles. The molecular weight excluding hydrogens is 1140 g/mol. The quantitative estimate of drug-likeness (QED) is 0.0777. The smallest absolute Gasteiger partial charge is 0.497 e. The van der Waals surface area contributed by atoms with Crippen LogP contribution in [0.15, 0.2) is 109 Å². The minimum atomic E-state index is -4.82. The number of likely N-dealkylation sites (tertiary alicyclic amines) is 4. The lowest BCUT2D eigenvalue weighted by Gasteiger charge is -2.46. The van der Waals surface area contributed by atoms with Crippen LogP contribution in [0.5, 0.6) is 17.2 Å². The van der Waals surface area contributed by atoms with Crippen molar-refractivity contribution >= 4 is 47.7 Å². The second kappa shape index (κ2) is 26.1. The Kier molecular flexibility index (Phi) is 19.1. The number of hydrogen-bond donors (Lipinski definition) is 2. The molecule has 2 N–H and O–H groups in total. The van der Waals surface area contributed by atoms with Gasteiger partial charge in [0.15, 0.2) is 12.1 Å². The Bertz CT molecular complexity index is 3290. The molecule has 0 radical (unpaired) electrons. The lowest BCUT2D eigenvalue weighted by Crippen LogP contribution is -2.69. The highest BCUT2D eigenvalue weighted by atomic mass is 19.4. The van der Waals surface area contributed by atoms with Crippen LogP contribution in [-0.4, -0.2) is 145 Å². The molecule has 0 spiro atoms. The van der Waals surface area contributed by atoms with Crippen LogP contribution in [0.2, 0.25) is 0 Å². The van der Waals surface area contributed by atoms with E-state index in [0.29, 0.717) is 49.1 Å². The molecule has 6 atom stereocenters. The molecule has 4 aliphatic heterocycles. The molecule has 9 rings (SSSR count). The van der Waals surface area contributed by atoms with Crippen molar-refractivity contribution in [2.75, 3.05) is 38.2 Å². The van der Waals surface area contributed by atoms with Crippen LogP contribution >= 0.6 is 0 Å². The zero-order valence-electron chi connectivity index (χ0n) is 47.4. The number of hydrogen-bond acceptors (Lipinski definition) is 13. The van der Waals surface area contributed by atoms with Gasteiger partial charge >= 0.3 is 42.8 Å². The number of imide groups is 2. The number of aliphatic carboxylic acids is 2. The number of urea groups is 2. The highest BCUT2D eigenvalue weighted by Gasteiger charge is 2.57. The molecule has 2 unspecified atom stereocenters. The molecule has 458 valence electrons. The van der Waals surface area contributed by atoms with E-state index in [1.165, 1.54) is 69.4 Å². The predicted octanol–water partition coefficient (Wildman–Crippen LogP) is 10.1. The molecule has 4 aliphatic rings. The van der Waals surface area contributed by atoms with Crippen molar-refractivity contribution in [2.24, 2.45) is 11.8 Å². The number of carbonyl (C=O) groups is 7. The van der Waals surface area contributed by atoms with E-state index >= 15 is 0 Å². The first-order valence-electron chi connectivity index (χ1n) is 27.5. The molecule has 86 heavy (non-hydrogen) atoms. The number of aromatic nitrogens is 2. The molecule has 0 bridgehead atoms. The normalized spacial score (nSPS) is 20.5. The van der Waals surface area contributed by atoms with Gasteiger partial charge in [0, 0.05) is 56.1 Å². The largest absolute Gasteiger partial charge is 0.573 e. The third-order valence-corrected chi connectivity index (χ3v) is 15.0. The van der Waals surface area contributed by atoms with Crippen LogP contribution < -0.4 is 19.1 Å². The number of pyridine rings is 2. The Morgan fingerprint density at radius 2 is 1.03 bits per heavy atom. The highest BCUT2D eigenvalue weighted by molar-refractivity contribution is 6.08. The van der Waals surface area contributed by atoms with Gasteiger partial charge in [0.2, 0.25) is 11.8 Å². The molecule has 5 aromatic rings. The number of carbonyl (C=O) groups excluding carboxylic acids is 5. The van der Waals surface area contributed by atoms with Crippen molar-refractivity contribution in [1.29, 1.82) is 0 Å². The number of anilines is 1. The van der Waals surface area contributed by atoms with Gasteiger partial charge in [-0.2, -0.15) is 0 Å². The van der Waals surface area contributed by atoms with Crippen molar-refractivity contribution < 1.29 is 89.1 Å². The molecule has 4 saturated heterocycles. The zero-order chi connectivity index (χ0) is 62.4. The average molecular weight is 1200 g/mol. The van der Waals surface area contributed by atoms with Crippen LogP contribution in [0.3, 0.4) is 0 Å². The maximum atomic E-state index is 13.6. The van der Waals surface area contributed by atoms with E-state index in [2.05, 4.69) is 19.4 Å². The molecule has 20 nitrogen and oxygen atoms in total. The summed E-state index contributed by atoms with van der Waals surface area (Å²) in [5.41, 5.74) is 3.40. The van der Waals surface area contributed by atoms with Crippen LogP contribution in [0.25, 0.3) is 0 Å². The Morgan fingerprint density at radius 3 is 1.44 bits per heavy atom. The summed E-state index contributed by atoms with van der Waals surface area (Å²) < 4.78 is 93.6. The van der Waals surface area contributed by atoms with Crippen LogP contribution in [0, 0.1) is 18.8 Å². The molecule has 6 heterocycles. The van der Waals surface area contributed by atoms with Crippen molar-refractivity contribution in [3.05, 3.63) is 143 Å². The summed E-state index contributed by atoms with van der Waals surface area (Å²) in [5, 5.41) is 19.9. The van der Waals surface area contributed by atoms with Crippen molar-refractivity contribution in [2.45, 2.75) is 115 Å². The van der Waals surface area contributed by atoms with Gasteiger partial charge in [-0.15, -0.1) is 26.3 Å². The number of carboxylic acid groups (broad SMARTS) is 2. The third-order valence-electron chi connectivity index (χ3n) is 15.0. The summed E-state index contributed by atoms with van der Waals surface area (Å²) >= 11 is 0. The molecule has 26 heteroatoms. The zero-order valence-corrected chi connectivity index (χ0v) is 47.4. The predicted molar refractivity (Wildman–Crippen MR) is 294 cm³/mol. The van der Waals surface area contributed by atoms with Gasteiger partial charge < -0.3 is 39.0 Å². The number of alkyl halides is 6. The van der Waals surface area contributed by atoms with Gasteiger partial charge in [0.1, 0.15) is 28.7 Å². The lowest BCUT2D eigenvalue weighted by atomic mass is 9.82. The summed E-state index contributed by atoms with van der Waals surface area (Å²) in [6.07, 6.45) is -4.57. The molecule has 0 saturated carbocycles. The van der Waals surface area contributed by atoms with Crippen molar-refractivity contribution in [3.63, 3.8) is 0 Å². The van der Waals surface area contributed by atoms with Gasteiger partial charge in [-0.05, 0) is 155 Å². The van der Waals surface area contributed by atoms with E-state index < -0.39 is 84.2 Å². The maximum Gasteiger partial charge on any atom is 0.573 e. The summed E-state index contributed by atoms with van der Waals surface area (Å²) in [7, 11) is 1.55. The standard InChI is InChI=1S/C36H39F3N4O8.C24H24F3N3O5/c1-35(2,3)51-34(48)42(20-22-7-11-26(49-4)12-8-22)29-19-23(15-16-40-29)18-28-30(32(45)46)43(31(28)44)33(47)41-17-5-6-25(21-41)24-9-13-27(14-10-24)50-36(37,38)39;1-14-11-15(8-9-28-14)12-19-20(22(32)33)30(21(19)31)23(34)29-10-2-3-17(13-29)16-4-6-18(7-5-16)35-24(25,26)27/h7-16,19,25,28,30H,5-6,17-18,20-21H2,1-4H3,(H,45,46);4-9,11,17,19-20H,2-3,10,12-13H2,1H3,(H,32,33)/t25?,28-,30+;17?,19-,20+/m11/s1. The minimum absolute atomic E-state index is 0.0330. The van der Waals surface area contributed by atoms with Crippen LogP contribution in [-0.2, 0) is 43.3 Å². The van der Waals surface area contributed by atoms with Crippen molar-refractivity contribution in [3.8, 4) is 17.2 Å². The Morgan fingerprint density at radius 1 is 0.605 bits per heavy atom. The average Bonchev–Trinajstić information content (AvgIpc) is 1.03. The monoisotopic (exact) mass is 1200 g/mol. The number of halogens is 6. The number of aryl methyl sites for hydroxylation is 1. The van der Waals surface area contributed by atoms with Gasteiger partial charge in [-0.3, -0.25) is 19.5 Å². The minimum Gasteiger partial charge on any atom is -0.497 e. The maximum absolute atomic E-state index is 13.6. The number of rotatable bonds is 14. The van der Waals surface area contributed by atoms with Gasteiger partial charge in [-0.1, -0.05) is 36.4 Å². The number of methoxy groups -OCH3 is 1. The summed E-state index contributed by atoms with van der Waals surface area (Å²) in [5.74, 6) is -5.92. The first-order valence-corrected chi connectivity index (χ1v) is 27.5. The number of carboxylic acids is 2. The summed E-state index contributed by atoms with van der Waals surface area (Å²) in [6.45, 7) is 8.12. The van der Waals surface area contributed by atoms with E-state index in [1.807, 2.05) is 0 Å². The second-order valence-electron chi connectivity index (χ2n) is 22.2. The first-order chi connectivity index (χ1) is 40.6. The van der Waals surface area contributed by atoms with E-state index in [-0.39, 0.29) is 68.2 Å². The number of nitrogens with zero attached hydrogens (tertiary/aromatic N) is 7. The van der Waals surface area contributed by atoms with E-state index in [0.717, 1.165) is 32.2 Å². The fourth-order valence-electron chi connectivity index (χ4n) is 11.0. The Hall–Kier alpha value is -8.97. The van der Waals surface area contributed by atoms with E-state index in [4.69, 9.17) is 9.47 Å². The molecule has 7 amide bonds. The van der Waals surface area contributed by atoms with Crippen LogP contribution in [0.1, 0.15) is 91.8 Å². The summed E-state index contributed by atoms with van der Waals surface area (Å²) in [4.78, 5) is 105. The molecule has 3 aromatic carbocycles. The van der Waals surface area contributed by atoms with E-state index in [9.17, 15) is 70.1 Å². The van der Waals surface area contributed by atoms with Gasteiger partial charge in [0.05, 0.1) is 25.5 Å². The Balaban J connectivity index is 0.000000239. The fraction of sp³-hybridized carbons (Fsp3) is 0.417. The summed E-state index contributed by atoms with van der Waals surface area (Å²) in [6, 6.07) is 20.5. The molecular formula is C60H63F6N7O13. The van der Waals surface area contributed by atoms with Gasteiger partial charge in [0.25, 0.3) is 0 Å². The number of β-lactam (4-membered cyclic amide) rings is 2. The molecule has 0 aliphatic carbocycles. The highest BCUT2D eigenvalue weighted by Crippen LogP contribution is 2.38. The van der Waals surface area contributed by atoms with Crippen molar-refractivity contribution in [1.82, 2.24) is 29.6 Å². The number of amides is 7. The Labute approximate surface area is 490 Å². The van der Waals surface area contributed by atoms with Crippen LogP contribution in [0.4, 0.5) is 46.5 Å². The first kappa shape index (κ1) is 63.1. The molecule has 4 fully saturated rings.